The molecule has 1 unspecified atom stereocenters. The van der Waals surface area contributed by atoms with Crippen molar-refractivity contribution < 1.29 is 9.84 Å². The zero-order valence-electron chi connectivity index (χ0n) is 11.7. The lowest BCUT2D eigenvalue weighted by atomic mass is 10.1. The molecule has 1 aromatic carbocycles. The first-order chi connectivity index (χ1) is 10.3. The number of rotatable bonds is 4. The molecule has 106 valence electrons. The highest BCUT2D eigenvalue weighted by Crippen LogP contribution is 2.24. The summed E-state index contributed by atoms with van der Waals surface area (Å²) in [7, 11) is 0. The molecule has 1 atom stereocenters. The number of para-hydroxylation sites is 1. The van der Waals surface area contributed by atoms with E-state index in [1.54, 1.807) is 18.5 Å². The van der Waals surface area contributed by atoms with E-state index in [4.69, 9.17) is 4.74 Å². The zero-order chi connectivity index (χ0) is 14.7. The second kappa shape index (κ2) is 5.89. The smallest absolute Gasteiger partial charge is 0.137 e. The van der Waals surface area contributed by atoms with Crippen LogP contribution < -0.4 is 4.74 Å². The number of benzene rings is 1. The number of aliphatic hydroxyl groups is 1. The number of ether oxygens (including phenoxy) is 1. The average Bonchev–Trinajstić information content (AvgIpc) is 2.54. The Bertz CT molecular complexity index is 758. The van der Waals surface area contributed by atoms with Crippen molar-refractivity contribution in [2.45, 2.75) is 13.0 Å². The maximum Gasteiger partial charge on any atom is 0.137 e. The lowest BCUT2D eigenvalue weighted by Gasteiger charge is -2.12. The third-order valence-electron chi connectivity index (χ3n) is 3.26. The molecule has 0 bridgehead atoms. The molecule has 0 spiro atoms. The van der Waals surface area contributed by atoms with Crippen molar-refractivity contribution in [2.75, 3.05) is 6.61 Å². The summed E-state index contributed by atoms with van der Waals surface area (Å²) >= 11 is 0. The van der Waals surface area contributed by atoms with E-state index in [0.29, 0.717) is 23.6 Å². The minimum absolute atomic E-state index is 0.565. The molecule has 1 N–H and O–H groups in total. The fourth-order valence-corrected chi connectivity index (χ4v) is 2.24. The van der Waals surface area contributed by atoms with Crippen molar-refractivity contribution in [3.63, 3.8) is 0 Å². The largest absolute Gasteiger partial charge is 0.492 e. The molecular formula is C17H16N2O2. The van der Waals surface area contributed by atoms with E-state index in [1.807, 2.05) is 43.3 Å². The highest BCUT2D eigenvalue weighted by Gasteiger charge is 2.13. The molecule has 0 aliphatic rings. The van der Waals surface area contributed by atoms with E-state index >= 15 is 0 Å². The molecule has 0 fully saturated rings. The maximum absolute atomic E-state index is 10.5. The standard InChI is InChI=1S/C17H16N2O2/c1-2-21-14-9-13(10-18-11-14)17(20)16-8-7-12-5-3-4-6-15(12)19-16/h3-11,17,20H,2H2,1H3. The fraction of sp³-hybridized carbons (Fsp3) is 0.176. The number of nitrogens with zero attached hydrogens (tertiary/aromatic N) is 2. The lowest BCUT2D eigenvalue weighted by molar-refractivity contribution is 0.214. The van der Waals surface area contributed by atoms with Gasteiger partial charge in [0.15, 0.2) is 0 Å². The Morgan fingerprint density at radius 3 is 2.86 bits per heavy atom. The van der Waals surface area contributed by atoms with Crippen LogP contribution in [0.3, 0.4) is 0 Å². The Hall–Kier alpha value is -2.46. The summed E-state index contributed by atoms with van der Waals surface area (Å²) in [5.74, 6) is 0.648. The van der Waals surface area contributed by atoms with Gasteiger partial charge in [0.2, 0.25) is 0 Å². The Balaban J connectivity index is 1.95. The van der Waals surface area contributed by atoms with Crippen LogP contribution in [-0.4, -0.2) is 21.7 Å². The van der Waals surface area contributed by atoms with Gasteiger partial charge in [0.05, 0.1) is 24.0 Å². The van der Waals surface area contributed by atoms with Crippen molar-refractivity contribution in [1.29, 1.82) is 0 Å². The topological polar surface area (TPSA) is 55.2 Å². The quantitative estimate of drug-likeness (QED) is 0.797. The summed E-state index contributed by atoms with van der Waals surface area (Å²) in [6.45, 7) is 2.48. The van der Waals surface area contributed by atoms with Crippen LogP contribution >= 0.6 is 0 Å². The van der Waals surface area contributed by atoms with Crippen LogP contribution in [0.5, 0.6) is 5.75 Å². The van der Waals surface area contributed by atoms with Gasteiger partial charge >= 0.3 is 0 Å². The molecule has 0 aliphatic carbocycles. The van der Waals surface area contributed by atoms with Gasteiger partial charge in [-0.15, -0.1) is 0 Å². The summed E-state index contributed by atoms with van der Waals surface area (Å²) in [6, 6.07) is 13.4. The van der Waals surface area contributed by atoms with E-state index in [9.17, 15) is 5.11 Å². The van der Waals surface area contributed by atoms with Crippen molar-refractivity contribution in [1.82, 2.24) is 9.97 Å². The molecule has 0 saturated heterocycles. The van der Waals surface area contributed by atoms with Crippen LogP contribution in [0.1, 0.15) is 24.3 Å². The Kier molecular flexibility index (Phi) is 3.79. The van der Waals surface area contributed by atoms with Gasteiger partial charge in [-0.1, -0.05) is 24.3 Å². The number of pyridine rings is 2. The number of hydrogen-bond acceptors (Lipinski definition) is 4. The summed E-state index contributed by atoms with van der Waals surface area (Å²) in [4.78, 5) is 8.61. The predicted octanol–water partition coefficient (Wildman–Crippen LogP) is 3.11. The van der Waals surface area contributed by atoms with Crippen molar-refractivity contribution in [3.05, 3.63) is 66.1 Å². The minimum atomic E-state index is -0.817. The van der Waals surface area contributed by atoms with Gasteiger partial charge in [0.25, 0.3) is 0 Å². The van der Waals surface area contributed by atoms with E-state index in [-0.39, 0.29) is 0 Å². The van der Waals surface area contributed by atoms with Crippen LogP contribution in [0.4, 0.5) is 0 Å². The van der Waals surface area contributed by atoms with Gasteiger partial charge in [-0.05, 0) is 25.1 Å². The van der Waals surface area contributed by atoms with Crippen LogP contribution in [-0.2, 0) is 0 Å². The third-order valence-corrected chi connectivity index (χ3v) is 3.26. The normalized spacial score (nSPS) is 12.3. The number of aromatic nitrogens is 2. The van der Waals surface area contributed by atoms with Crippen molar-refractivity contribution in [3.8, 4) is 5.75 Å². The molecule has 3 rings (SSSR count). The van der Waals surface area contributed by atoms with Crippen LogP contribution in [0, 0.1) is 0 Å². The molecule has 4 heteroatoms. The number of fused-ring (bicyclic) bond motifs is 1. The van der Waals surface area contributed by atoms with Crippen LogP contribution in [0.2, 0.25) is 0 Å². The number of aliphatic hydroxyl groups excluding tert-OH is 1. The molecule has 0 radical (unpaired) electrons. The van der Waals surface area contributed by atoms with Gasteiger partial charge in [-0.2, -0.15) is 0 Å². The first-order valence-electron chi connectivity index (χ1n) is 6.89. The second-order valence-electron chi connectivity index (χ2n) is 4.72. The zero-order valence-corrected chi connectivity index (χ0v) is 11.7. The summed E-state index contributed by atoms with van der Waals surface area (Å²) < 4.78 is 5.41. The van der Waals surface area contributed by atoms with Gasteiger partial charge in [-0.3, -0.25) is 4.98 Å². The summed E-state index contributed by atoms with van der Waals surface area (Å²) in [5, 5.41) is 11.5. The molecule has 3 aromatic rings. The van der Waals surface area contributed by atoms with Crippen LogP contribution in [0.25, 0.3) is 10.9 Å². The highest BCUT2D eigenvalue weighted by molar-refractivity contribution is 5.78. The first kappa shape index (κ1) is 13.5. The Morgan fingerprint density at radius 2 is 2.00 bits per heavy atom. The first-order valence-corrected chi connectivity index (χ1v) is 6.89. The maximum atomic E-state index is 10.5. The Morgan fingerprint density at radius 1 is 1.14 bits per heavy atom. The van der Waals surface area contributed by atoms with Crippen molar-refractivity contribution in [2.24, 2.45) is 0 Å². The van der Waals surface area contributed by atoms with Crippen molar-refractivity contribution >= 4 is 10.9 Å². The van der Waals surface area contributed by atoms with E-state index in [2.05, 4.69) is 9.97 Å². The summed E-state index contributed by atoms with van der Waals surface area (Å²) in [6.07, 6.45) is 2.44. The molecule has 0 saturated carbocycles. The van der Waals surface area contributed by atoms with Gasteiger partial charge < -0.3 is 9.84 Å². The molecule has 0 aliphatic heterocycles. The van der Waals surface area contributed by atoms with Crippen LogP contribution in [0.15, 0.2) is 54.9 Å². The molecule has 2 aromatic heterocycles. The van der Waals surface area contributed by atoms with Gasteiger partial charge in [-0.25, -0.2) is 4.98 Å². The monoisotopic (exact) mass is 280 g/mol. The lowest BCUT2D eigenvalue weighted by Crippen LogP contribution is -2.04. The van der Waals surface area contributed by atoms with E-state index in [0.717, 1.165) is 10.9 Å². The Labute approximate surface area is 123 Å². The predicted molar refractivity (Wildman–Crippen MR) is 81.2 cm³/mol. The molecule has 4 nitrogen and oxygen atoms in total. The fourth-order valence-electron chi connectivity index (χ4n) is 2.24. The average molecular weight is 280 g/mol. The third kappa shape index (κ3) is 2.85. The SMILES string of the molecule is CCOc1cncc(C(O)c2ccc3ccccc3n2)c1. The van der Waals surface area contributed by atoms with Gasteiger partial charge in [0, 0.05) is 17.1 Å². The number of hydrogen-bond donors (Lipinski definition) is 1. The molecule has 0 amide bonds. The molecule has 2 heterocycles. The molecular weight excluding hydrogens is 264 g/mol. The molecule has 21 heavy (non-hydrogen) atoms. The second-order valence-corrected chi connectivity index (χ2v) is 4.72. The van der Waals surface area contributed by atoms with E-state index in [1.165, 1.54) is 0 Å². The van der Waals surface area contributed by atoms with E-state index < -0.39 is 6.10 Å². The summed E-state index contributed by atoms with van der Waals surface area (Å²) in [5.41, 5.74) is 2.14. The minimum Gasteiger partial charge on any atom is -0.492 e. The van der Waals surface area contributed by atoms with Gasteiger partial charge in [0.1, 0.15) is 11.9 Å². The highest BCUT2D eigenvalue weighted by atomic mass is 16.5.